The molecule has 112 valence electrons. The Hall–Kier alpha value is -1.57. The molecule has 0 spiro atoms. The summed E-state index contributed by atoms with van der Waals surface area (Å²) in [6.07, 6.45) is -1.24. The predicted octanol–water partition coefficient (Wildman–Crippen LogP) is 1.89. The second kappa shape index (κ2) is 5.08. The average Bonchev–Trinajstić information content (AvgIpc) is 2.99. The van der Waals surface area contributed by atoms with Gasteiger partial charge in [-0.15, -0.1) is 0 Å². The van der Waals surface area contributed by atoms with E-state index in [1.807, 2.05) is 0 Å². The normalized spacial score (nSPS) is 18.8. The maximum Gasteiger partial charge on any atom is 0.435 e. The van der Waals surface area contributed by atoms with Crippen LogP contribution in [-0.2, 0) is 17.5 Å². The van der Waals surface area contributed by atoms with Gasteiger partial charge < -0.3 is 5.11 Å². The average molecular weight is 291 g/mol. The zero-order valence-electron chi connectivity index (χ0n) is 10.9. The van der Waals surface area contributed by atoms with Crippen LogP contribution in [0.3, 0.4) is 0 Å². The van der Waals surface area contributed by atoms with Crippen LogP contribution in [0.1, 0.15) is 31.9 Å². The Kier molecular flexibility index (Phi) is 3.77. The number of hydrogen-bond donors (Lipinski definition) is 2. The number of alkyl halides is 3. The number of aryl methyl sites for hydroxylation is 1. The standard InChI is InChI=1S/C12H16F3N3O2/c1-11(10(19)20,16-8-2-3-8)5-7-18-6-4-9(17-18)12(13,14)15/h4,6,8,16H,2-3,5,7H2,1H3,(H,19,20). The van der Waals surface area contributed by atoms with Crippen LogP contribution in [-0.4, -0.2) is 32.4 Å². The lowest BCUT2D eigenvalue weighted by Crippen LogP contribution is -2.51. The molecule has 2 rings (SSSR count). The first-order valence-corrected chi connectivity index (χ1v) is 6.32. The number of nitrogens with zero attached hydrogens (tertiary/aromatic N) is 2. The minimum atomic E-state index is -4.48. The Balaban J connectivity index is 1.98. The van der Waals surface area contributed by atoms with Crippen LogP contribution in [0.5, 0.6) is 0 Å². The van der Waals surface area contributed by atoms with E-state index in [9.17, 15) is 23.1 Å². The molecular formula is C12H16F3N3O2. The fourth-order valence-corrected chi connectivity index (χ4v) is 1.89. The van der Waals surface area contributed by atoms with Gasteiger partial charge in [0.2, 0.25) is 0 Å². The topological polar surface area (TPSA) is 67.2 Å². The monoisotopic (exact) mass is 291 g/mol. The van der Waals surface area contributed by atoms with E-state index in [0.717, 1.165) is 23.6 Å². The third-order valence-corrected chi connectivity index (χ3v) is 3.34. The second-order valence-electron chi connectivity index (χ2n) is 5.27. The fraction of sp³-hybridized carbons (Fsp3) is 0.667. The van der Waals surface area contributed by atoms with E-state index in [4.69, 9.17) is 0 Å². The first-order valence-electron chi connectivity index (χ1n) is 6.32. The van der Waals surface area contributed by atoms with Crippen molar-refractivity contribution >= 4 is 5.97 Å². The molecule has 1 aromatic heterocycles. The van der Waals surface area contributed by atoms with Crippen molar-refractivity contribution in [1.82, 2.24) is 15.1 Å². The van der Waals surface area contributed by atoms with Crippen LogP contribution in [0, 0.1) is 0 Å². The number of carboxylic acid groups (broad SMARTS) is 1. The van der Waals surface area contributed by atoms with Crippen molar-refractivity contribution in [3.8, 4) is 0 Å². The van der Waals surface area contributed by atoms with E-state index >= 15 is 0 Å². The van der Waals surface area contributed by atoms with Crippen LogP contribution < -0.4 is 5.32 Å². The molecule has 1 heterocycles. The Morgan fingerprint density at radius 3 is 2.65 bits per heavy atom. The summed E-state index contributed by atoms with van der Waals surface area (Å²) < 4.78 is 38.3. The van der Waals surface area contributed by atoms with Crippen LogP contribution in [0.4, 0.5) is 13.2 Å². The lowest BCUT2D eigenvalue weighted by molar-refractivity contribution is -0.145. The maximum atomic E-state index is 12.4. The van der Waals surface area contributed by atoms with Crippen LogP contribution >= 0.6 is 0 Å². The minimum absolute atomic E-state index is 0.110. The van der Waals surface area contributed by atoms with Gasteiger partial charge in [0.25, 0.3) is 0 Å². The maximum absolute atomic E-state index is 12.4. The Bertz CT molecular complexity index is 496. The van der Waals surface area contributed by atoms with Gasteiger partial charge in [-0.2, -0.15) is 18.3 Å². The first kappa shape index (κ1) is 14.8. The Morgan fingerprint density at radius 2 is 2.20 bits per heavy atom. The zero-order chi connectivity index (χ0) is 15.0. The molecule has 0 radical (unpaired) electrons. The molecule has 5 nitrogen and oxygen atoms in total. The van der Waals surface area contributed by atoms with E-state index in [1.54, 1.807) is 6.92 Å². The summed E-state index contributed by atoms with van der Waals surface area (Å²) in [4.78, 5) is 11.3. The number of rotatable bonds is 6. The van der Waals surface area contributed by atoms with Gasteiger partial charge in [0, 0.05) is 18.8 Å². The summed E-state index contributed by atoms with van der Waals surface area (Å²) in [7, 11) is 0. The number of aromatic nitrogens is 2. The molecule has 2 N–H and O–H groups in total. The molecule has 1 aliphatic rings. The predicted molar refractivity (Wildman–Crippen MR) is 64.0 cm³/mol. The smallest absolute Gasteiger partial charge is 0.435 e. The largest absolute Gasteiger partial charge is 0.480 e. The molecule has 1 unspecified atom stereocenters. The van der Waals surface area contributed by atoms with E-state index in [0.29, 0.717) is 0 Å². The van der Waals surface area contributed by atoms with Crippen molar-refractivity contribution in [2.75, 3.05) is 0 Å². The molecule has 0 amide bonds. The highest BCUT2D eigenvalue weighted by Gasteiger charge is 2.38. The number of carboxylic acids is 1. The van der Waals surface area contributed by atoms with Gasteiger partial charge in [-0.3, -0.25) is 14.8 Å². The van der Waals surface area contributed by atoms with Gasteiger partial charge >= 0.3 is 12.1 Å². The van der Waals surface area contributed by atoms with Gasteiger partial charge in [-0.1, -0.05) is 0 Å². The van der Waals surface area contributed by atoms with E-state index < -0.39 is 23.4 Å². The summed E-state index contributed by atoms with van der Waals surface area (Å²) in [5.41, 5.74) is -2.12. The zero-order valence-corrected chi connectivity index (χ0v) is 10.9. The number of hydrogen-bond acceptors (Lipinski definition) is 3. The summed E-state index contributed by atoms with van der Waals surface area (Å²) in [5, 5.41) is 15.7. The molecule has 1 aliphatic carbocycles. The molecule has 0 bridgehead atoms. The SMILES string of the molecule is CC(CCn1ccc(C(F)(F)F)n1)(NC1CC1)C(=O)O. The van der Waals surface area contributed by atoms with E-state index in [1.165, 1.54) is 6.20 Å². The highest BCUT2D eigenvalue weighted by Crippen LogP contribution is 2.28. The molecule has 0 saturated heterocycles. The second-order valence-corrected chi connectivity index (χ2v) is 5.27. The van der Waals surface area contributed by atoms with Crippen molar-refractivity contribution in [3.63, 3.8) is 0 Å². The summed E-state index contributed by atoms with van der Waals surface area (Å²) in [5.74, 6) is -1.01. The highest BCUT2D eigenvalue weighted by molar-refractivity contribution is 5.78. The van der Waals surface area contributed by atoms with Crippen molar-refractivity contribution in [1.29, 1.82) is 0 Å². The van der Waals surface area contributed by atoms with Gasteiger partial charge in [0.15, 0.2) is 5.69 Å². The van der Waals surface area contributed by atoms with Gasteiger partial charge in [-0.05, 0) is 32.3 Å². The molecule has 1 aromatic rings. The third-order valence-electron chi connectivity index (χ3n) is 3.34. The molecule has 1 fully saturated rings. The highest BCUT2D eigenvalue weighted by atomic mass is 19.4. The van der Waals surface area contributed by atoms with Crippen molar-refractivity contribution < 1.29 is 23.1 Å². The number of aliphatic carboxylic acids is 1. The summed E-state index contributed by atoms with van der Waals surface area (Å²) in [6, 6.07) is 1.08. The van der Waals surface area contributed by atoms with Gasteiger partial charge in [0.1, 0.15) is 5.54 Å². The number of carbonyl (C=O) groups is 1. The van der Waals surface area contributed by atoms with Crippen molar-refractivity contribution in [3.05, 3.63) is 18.0 Å². The van der Waals surface area contributed by atoms with Gasteiger partial charge in [-0.25, -0.2) is 0 Å². The van der Waals surface area contributed by atoms with Crippen LogP contribution in [0.2, 0.25) is 0 Å². The Morgan fingerprint density at radius 1 is 1.55 bits per heavy atom. The summed E-state index contributed by atoms with van der Waals surface area (Å²) >= 11 is 0. The molecule has 0 aromatic carbocycles. The van der Waals surface area contributed by atoms with Crippen LogP contribution in [0.25, 0.3) is 0 Å². The fourth-order valence-electron chi connectivity index (χ4n) is 1.89. The Labute approximate surface area is 113 Å². The van der Waals surface area contributed by atoms with Crippen molar-refractivity contribution in [2.24, 2.45) is 0 Å². The van der Waals surface area contributed by atoms with E-state index in [2.05, 4.69) is 10.4 Å². The third kappa shape index (κ3) is 3.50. The van der Waals surface area contributed by atoms with Crippen molar-refractivity contribution in [2.45, 2.75) is 50.5 Å². The number of halogens is 3. The van der Waals surface area contributed by atoms with E-state index in [-0.39, 0.29) is 19.0 Å². The number of nitrogens with one attached hydrogen (secondary N) is 1. The first-order chi connectivity index (χ1) is 9.21. The van der Waals surface area contributed by atoms with Crippen LogP contribution in [0.15, 0.2) is 12.3 Å². The molecule has 20 heavy (non-hydrogen) atoms. The molecule has 1 atom stereocenters. The summed E-state index contributed by atoms with van der Waals surface area (Å²) in [6.45, 7) is 1.65. The van der Waals surface area contributed by atoms with Gasteiger partial charge in [0.05, 0.1) is 0 Å². The molecule has 1 saturated carbocycles. The lowest BCUT2D eigenvalue weighted by atomic mass is 9.98. The molecular weight excluding hydrogens is 275 g/mol. The quantitative estimate of drug-likeness (QED) is 0.840. The molecule has 8 heteroatoms. The lowest BCUT2D eigenvalue weighted by Gasteiger charge is -2.26. The minimum Gasteiger partial charge on any atom is -0.480 e. The molecule has 0 aliphatic heterocycles.